The molecule has 0 saturated carbocycles. The zero-order valence-corrected chi connectivity index (χ0v) is 11.4. The van der Waals surface area contributed by atoms with E-state index in [1.54, 1.807) is 0 Å². The molecule has 1 aromatic rings. The normalized spacial score (nSPS) is 11.4. The fourth-order valence-electron chi connectivity index (χ4n) is 1.17. The number of sulfone groups is 1. The van der Waals surface area contributed by atoms with Crippen LogP contribution in [0.4, 0.5) is 0 Å². The second kappa shape index (κ2) is 5.61. The maximum absolute atomic E-state index is 11.8. The molecule has 0 aliphatic carbocycles. The van der Waals surface area contributed by atoms with Gasteiger partial charge in [-0.15, -0.1) is 0 Å². The van der Waals surface area contributed by atoms with Crippen molar-refractivity contribution in [1.82, 2.24) is 0 Å². The van der Waals surface area contributed by atoms with Gasteiger partial charge in [-0.2, -0.15) is 0 Å². The number of carboxylic acid groups (broad SMARTS) is 1. The number of ether oxygens (including phenoxy) is 1. The lowest BCUT2D eigenvalue weighted by Gasteiger charge is -2.06. The number of aromatic carboxylic acids is 1. The molecule has 0 atom stereocenters. The van der Waals surface area contributed by atoms with E-state index >= 15 is 0 Å². The van der Waals surface area contributed by atoms with Crippen LogP contribution in [0, 0.1) is 0 Å². The number of halogens is 1. The van der Waals surface area contributed by atoms with Gasteiger partial charge >= 0.3 is 5.97 Å². The van der Waals surface area contributed by atoms with Crippen molar-refractivity contribution in [3.63, 3.8) is 0 Å². The van der Waals surface area contributed by atoms with Crippen LogP contribution in [0.15, 0.2) is 27.6 Å². The van der Waals surface area contributed by atoms with Gasteiger partial charge in [0, 0.05) is 11.6 Å². The van der Waals surface area contributed by atoms with Crippen LogP contribution < -0.4 is 0 Å². The predicted octanol–water partition coefficient (Wildman–Crippen LogP) is 1.57. The third-order valence-corrected chi connectivity index (χ3v) is 4.45. The number of benzene rings is 1. The van der Waals surface area contributed by atoms with E-state index in [1.807, 2.05) is 0 Å². The predicted molar refractivity (Wildman–Crippen MR) is 65.0 cm³/mol. The molecule has 0 aromatic heterocycles. The quantitative estimate of drug-likeness (QED) is 0.889. The van der Waals surface area contributed by atoms with Gasteiger partial charge in [0.15, 0.2) is 9.84 Å². The van der Waals surface area contributed by atoms with Crippen molar-refractivity contribution in [2.24, 2.45) is 0 Å². The Morgan fingerprint density at radius 2 is 2.12 bits per heavy atom. The molecule has 0 unspecified atom stereocenters. The van der Waals surface area contributed by atoms with Crippen molar-refractivity contribution in [2.45, 2.75) is 4.90 Å². The van der Waals surface area contributed by atoms with Crippen LogP contribution in [0.1, 0.15) is 10.4 Å². The minimum Gasteiger partial charge on any atom is -0.478 e. The molecule has 5 nitrogen and oxygen atoms in total. The number of carbonyl (C=O) groups is 1. The number of hydrogen-bond donors (Lipinski definition) is 1. The van der Waals surface area contributed by atoms with Crippen LogP contribution in [0.25, 0.3) is 0 Å². The Kier molecular flexibility index (Phi) is 4.67. The summed E-state index contributed by atoms with van der Waals surface area (Å²) in [4.78, 5) is 10.8. The van der Waals surface area contributed by atoms with Crippen molar-refractivity contribution < 1.29 is 23.1 Å². The molecule has 0 fully saturated rings. The summed E-state index contributed by atoms with van der Waals surface area (Å²) in [5.41, 5.74) is -0.0801. The zero-order chi connectivity index (χ0) is 13.1. The maximum Gasteiger partial charge on any atom is 0.336 e. The van der Waals surface area contributed by atoms with E-state index in [-0.39, 0.29) is 22.8 Å². The minimum absolute atomic E-state index is 0.0184. The van der Waals surface area contributed by atoms with Crippen molar-refractivity contribution in [1.29, 1.82) is 0 Å². The van der Waals surface area contributed by atoms with Crippen molar-refractivity contribution in [3.05, 3.63) is 28.2 Å². The molecular formula is C10H11BrO5S. The van der Waals surface area contributed by atoms with Crippen molar-refractivity contribution >= 4 is 31.7 Å². The van der Waals surface area contributed by atoms with E-state index in [2.05, 4.69) is 15.9 Å². The molecule has 0 aliphatic heterocycles. The maximum atomic E-state index is 11.8. The van der Waals surface area contributed by atoms with E-state index in [4.69, 9.17) is 9.84 Å². The van der Waals surface area contributed by atoms with Gasteiger partial charge in [-0.25, -0.2) is 13.2 Å². The highest BCUT2D eigenvalue weighted by atomic mass is 79.9. The molecule has 0 aliphatic rings. The number of rotatable bonds is 5. The molecule has 0 spiro atoms. The monoisotopic (exact) mass is 322 g/mol. The second-order valence-corrected chi connectivity index (χ2v) is 6.22. The largest absolute Gasteiger partial charge is 0.478 e. The Balaban J connectivity index is 3.16. The fourth-order valence-corrected chi connectivity index (χ4v) is 2.78. The molecule has 0 radical (unpaired) electrons. The average molecular weight is 323 g/mol. The van der Waals surface area contributed by atoms with Gasteiger partial charge in [-0.3, -0.25) is 0 Å². The molecule has 94 valence electrons. The van der Waals surface area contributed by atoms with Crippen LogP contribution in [0.3, 0.4) is 0 Å². The van der Waals surface area contributed by atoms with Crippen LogP contribution in [-0.4, -0.2) is 39.0 Å². The molecule has 7 heteroatoms. The number of carboxylic acids is 1. The van der Waals surface area contributed by atoms with Crippen molar-refractivity contribution in [2.75, 3.05) is 19.5 Å². The topological polar surface area (TPSA) is 80.7 Å². The highest BCUT2D eigenvalue weighted by Crippen LogP contribution is 2.21. The molecule has 0 amide bonds. The summed E-state index contributed by atoms with van der Waals surface area (Å²) in [5, 5.41) is 8.88. The summed E-state index contributed by atoms with van der Waals surface area (Å²) in [7, 11) is -2.10. The number of methoxy groups -OCH3 is 1. The first-order valence-corrected chi connectivity index (χ1v) is 7.07. The summed E-state index contributed by atoms with van der Waals surface area (Å²) < 4.78 is 28.6. The van der Waals surface area contributed by atoms with Crippen LogP contribution in [0.5, 0.6) is 0 Å². The van der Waals surface area contributed by atoms with E-state index in [1.165, 1.54) is 19.2 Å². The molecule has 17 heavy (non-hydrogen) atoms. The summed E-state index contributed by atoms with van der Waals surface area (Å²) in [6, 6.07) is 3.90. The lowest BCUT2D eigenvalue weighted by Crippen LogP contribution is -2.12. The standard InChI is InChI=1S/C10H11BrO5S/c1-16-4-5-17(14,15)7-2-3-9(11)8(6-7)10(12)13/h2-3,6H,4-5H2,1H3,(H,12,13). The Hall–Kier alpha value is -0.920. The Labute approximate surface area is 107 Å². The van der Waals surface area contributed by atoms with Crippen molar-refractivity contribution in [3.8, 4) is 0 Å². The molecule has 1 rings (SSSR count). The third-order valence-electron chi connectivity index (χ3n) is 2.08. The van der Waals surface area contributed by atoms with E-state index in [9.17, 15) is 13.2 Å². The number of hydrogen-bond acceptors (Lipinski definition) is 4. The van der Waals surface area contributed by atoms with Gasteiger partial charge in [0.25, 0.3) is 0 Å². The van der Waals surface area contributed by atoms with E-state index in [0.29, 0.717) is 4.47 Å². The van der Waals surface area contributed by atoms with Gasteiger partial charge in [0.05, 0.1) is 22.8 Å². The van der Waals surface area contributed by atoms with Gasteiger partial charge in [0.2, 0.25) is 0 Å². The van der Waals surface area contributed by atoms with Gasteiger partial charge in [0.1, 0.15) is 0 Å². The smallest absolute Gasteiger partial charge is 0.336 e. The lowest BCUT2D eigenvalue weighted by molar-refractivity contribution is 0.0695. The highest BCUT2D eigenvalue weighted by Gasteiger charge is 2.18. The van der Waals surface area contributed by atoms with E-state index in [0.717, 1.165) is 6.07 Å². The molecule has 0 saturated heterocycles. The summed E-state index contributed by atoms with van der Waals surface area (Å²) in [5.74, 6) is -1.36. The van der Waals surface area contributed by atoms with Crippen LogP contribution in [-0.2, 0) is 14.6 Å². The fraction of sp³-hybridized carbons (Fsp3) is 0.300. The van der Waals surface area contributed by atoms with Gasteiger partial charge < -0.3 is 9.84 Å². The van der Waals surface area contributed by atoms with Crippen LogP contribution in [0.2, 0.25) is 0 Å². The van der Waals surface area contributed by atoms with E-state index < -0.39 is 15.8 Å². The summed E-state index contributed by atoms with van der Waals surface area (Å²) >= 11 is 3.05. The minimum atomic E-state index is -3.50. The molecule has 0 bridgehead atoms. The lowest BCUT2D eigenvalue weighted by atomic mass is 10.2. The summed E-state index contributed by atoms with van der Waals surface area (Å²) in [6.45, 7) is 0.0702. The van der Waals surface area contributed by atoms with Gasteiger partial charge in [-0.05, 0) is 34.1 Å². The third kappa shape index (κ3) is 3.52. The average Bonchev–Trinajstić information content (AvgIpc) is 2.26. The first-order valence-electron chi connectivity index (χ1n) is 4.63. The molecular weight excluding hydrogens is 312 g/mol. The molecule has 1 N–H and O–H groups in total. The second-order valence-electron chi connectivity index (χ2n) is 3.26. The van der Waals surface area contributed by atoms with Gasteiger partial charge in [-0.1, -0.05) is 0 Å². The Morgan fingerprint density at radius 3 is 2.65 bits per heavy atom. The summed E-state index contributed by atoms with van der Waals surface area (Å²) in [6.07, 6.45) is 0. The molecule has 0 heterocycles. The Bertz CT molecular complexity index is 523. The first-order chi connectivity index (χ1) is 7.88. The zero-order valence-electron chi connectivity index (χ0n) is 9.01. The SMILES string of the molecule is COCCS(=O)(=O)c1ccc(Br)c(C(=O)O)c1. The van der Waals surface area contributed by atoms with Crippen LogP contribution >= 0.6 is 15.9 Å². The Morgan fingerprint density at radius 1 is 1.47 bits per heavy atom. The first kappa shape index (κ1) is 14.1. The highest BCUT2D eigenvalue weighted by molar-refractivity contribution is 9.10. The molecule has 1 aromatic carbocycles.